The molecular weight excluding hydrogens is 196 g/mol. The first-order valence-corrected chi connectivity index (χ1v) is 3.68. The van der Waals surface area contributed by atoms with Crippen LogP contribution in [0.4, 0.5) is 4.79 Å². The summed E-state index contributed by atoms with van der Waals surface area (Å²) in [6.07, 6.45) is 0. The van der Waals surface area contributed by atoms with Gasteiger partial charge in [0, 0.05) is 0 Å². The van der Waals surface area contributed by atoms with Gasteiger partial charge in [0.25, 0.3) is 0 Å². The van der Waals surface area contributed by atoms with Crippen molar-refractivity contribution in [2.45, 2.75) is 0 Å². The monoisotopic (exact) mass is 206 g/mol. The van der Waals surface area contributed by atoms with E-state index in [-0.39, 0.29) is 13.1 Å². The quantitative estimate of drug-likeness (QED) is 0.428. The predicted octanol–water partition coefficient (Wildman–Crippen LogP) is -0.942. The summed E-state index contributed by atoms with van der Waals surface area (Å²) in [6, 6.07) is -1.09. The number of carbonyl (C=O) groups excluding carboxylic acids is 1. The highest BCUT2D eigenvalue weighted by atomic mass is 16.3. The van der Waals surface area contributed by atoms with Crippen LogP contribution in [0.25, 0.3) is 0 Å². The minimum absolute atomic E-state index is 0.330. The summed E-state index contributed by atoms with van der Waals surface area (Å²) in [5.41, 5.74) is 0. The van der Waals surface area contributed by atoms with Gasteiger partial charge in [-0.2, -0.15) is 10.0 Å². The highest BCUT2D eigenvalue weighted by molar-refractivity contribution is 5.73. The van der Waals surface area contributed by atoms with E-state index >= 15 is 0 Å². The van der Waals surface area contributed by atoms with Crippen molar-refractivity contribution in [3.05, 3.63) is 9.81 Å². The summed E-state index contributed by atoms with van der Waals surface area (Å²) in [7, 11) is 0. The van der Waals surface area contributed by atoms with E-state index in [1.807, 2.05) is 0 Å². The number of nitroso groups, excluding NO2 is 2. The first kappa shape index (κ1) is 12.4. The molecule has 9 heteroatoms. The Kier molecular flexibility index (Phi) is 6.07. The molecule has 0 fully saturated rings. The standard InChI is InChI=1S/C5H10N4O5/c10-3-1-8(6-13)5(12)9(7-14)2-4-11/h10-11H,1-4H2. The molecule has 9 nitrogen and oxygen atoms in total. The van der Waals surface area contributed by atoms with Crippen LogP contribution >= 0.6 is 0 Å². The largest absolute Gasteiger partial charge is 0.394 e. The lowest BCUT2D eigenvalue weighted by Gasteiger charge is -2.17. The first-order valence-electron chi connectivity index (χ1n) is 3.68. The molecule has 0 unspecified atom stereocenters. The highest BCUT2D eigenvalue weighted by Gasteiger charge is 2.21. The van der Waals surface area contributed by atoms with Gasteiger partial charge in [0.05, 0.1) is 36.9 Å². The Morgan fingerprint density at radius 1 is 1.00 bits per heavy atom. The SMILES string of the molecule is O=NN(CCO)C(=O)N(CCO)N=O. The minimum atomic E-state index is -1.09. The van der Waals surface area contributed by atoms with Crippen molar-refractivity contribution in [3.63, 3.8) is 0 Å². The molecule has 0 spiro atoms. The zero-order valence-corrected chi connectivity index (χ0v) is 7.24. The molecule has 2 amide bonds. The molecule has 0 heterocycles. The van der Waals surface area contributed by atoms with Gasteiger partial charge >= 0.3 is 6.03 Å². The van der Waals surface area contributed by atoms with Crippen LogP contribution in [0, 0.1) is 9.81 Å². The third-order valence-electron chi connectivity index (χ3n) is 1.26. The predicted molar refractivity (Wildman–Crippen MR) is 44.6 cm³/mol. The van der Waals surface area contributed by atoms with Gasteiger partial charge in [0.2, 0.25) is 0 Å². The topological polar surface area (TPSA) is 123 Å². The smallest absolute Gasteiger partial charge is 0.366 e. The van der Waals surface area contributed by atoms with Gasteiger partial charge in [-0.25, -0.2) is 4.79 Å². The van der Waals surface area contributed by atoms with Crippen molar-refractivity contribution in [2.24, 2.45) is 10.6 Å². The summed E-state index contributed by atoms with van der Waals surface area (Å²) in [6.45, 7) is -1.60. The van der Waals surface area contributed by atoms with Gasteiger partial charge in [-0.05, 0) is 0 Å². The lowest BCUT2D eigenvalue weighted by Crippen LogP contribution is -2.39. The Morgan fingerprint density at radius 2 is 1.36 bits per heavy atom. The number of hydrogen-bond donors (Lipinski definition) is 2. The molecule has 0 aliphatic heterocycles. The molecular formula is C5H10N4O5. The second-order valence-corrected chi connectivity index (χ2v) is 2.14. The van der Waals surface area contributed by atoms with E-state index in [4.69, 9.17) is 10.2 Å². The Hall–Kier alpha value is -1.61. The second-order valence-electron chi connectivity index (χ2n) is 2.14. The lowest BCUT2D eigenvalue weighted by molar-refractivity contribution is 0.131. The van der Waals surface area contributed by atoms with Crippen molar-refractivity contribution in [1.82, 2.24) is 10.0 Å². The third kappa shape index (κ3) is 3.41. The maximum atomic E-state index is 11.1. The molecule has 0 saturated carbocycles. The molecule has 0 bridgehead atoms. The van der Waals surface area contributed by atoms with Gasteiger partial charge in [0.15, 0.2) is 0 Å². The number of hydrogen-bond acceptors (Lipinski definition) is 7. The van der Waals surface area contributed by atoms with Crippen LogP contribution in [0.5, 0.6) is 0 Å². The number of aliphatic hydroxyl groups excluding tert-OH is 2. The lowest BCUT2D eigenvalue weighted by atomic mass is 10.6. The molecule has 0 saturated heterocycles. The van der Waals surface area contributed by atoms with Crippen molar-refractivity contribution in [2.75, 3.05) is 26.3 Å². The summed E-state index contributed by atoms with van der Waals surface area (Å²) >= 11 is 0. The summed E-state index contributed by atoms with van der Waals surface area (Å²) in [5.74, 6) is 0. The first-order chi connectivity index (χ1) is 6.71. The Labute approximate surface area is 78.8 Å². The molecule has 0 aromatic heterocycles. The number of nitrogens with zero attached hydrogens (tertiary/aromatic N) is 4. The zero-order chi connectivity index (χ0) is 11.0. The van der Waals surface area contributed by atoms with Crippen molar-refractivity contribution >= 4 is 6.03 Å². The molecule has 0 aliphatic carbocycles. The van der Waals surface area contributed by atoms with Gasteiger partial charge in [-0.1, -0.05) is 0 Å². The van der Waals surface area contributed by atoms with E-state index in [1.165, 1.54) is 0 Å². The van der Waals surface area contributed by atoms with E-state index in [0.29, 0.717) is 10.0 Å². The molecule has 14 heavy (non-hydrogen) atoms. The average Bonchev–Trinajstić information content (AvgIpc) is 2.21. The molecule has 0 aromatic rings. The van der Waals surface area contributed by atoms with Crippen LogP contribution in [-0.4, -0.2) is 52.6 Å². The molecule has 80 valence electrons. The number of carbonyl (C=O) groups is 1. The highest BCUT2D eigenvalue weighted by Crippen LogP contribution is 1.99. The molecule has 2 N–H and O–H groups in total. The third-order valence-corrected chi connectivity index (χ3v) is 1.26. The van der Waals surface area contributed by atoms with Gasteiger partial charge < -0.3 is 10.2 Å². The van der Waals surface area contributed by atoms with E-state index in [1.54, 1.807) is 0 Å². The van der Waals surface area contributed by atoms with Crippen LogP contribution in [0.3, 0.4) is 0 Å². The molecule has 0 aromatic carbocycles. The Morgan fingerprint density at radius 3 is 1.57 bits per heavy atom. The number of amides is 2. The summed E-state index contributed by atoms with van der Waals surface area (Å²) in [5, 5.41) is 22.1. The van der Waals surface area contributed by atoms with Gasteiger partial charge in [0.1, 0.15) is 0 Å². The van der Waals surface area contributed by atoms with Crippen molar-refractivity contribution in [1.29, 1.82) is 0 Å². The maximum Gasteiger partial charge on any atom is 0.366 e. The van der Waals surface area contributed by atoms with Crippen molar-refractivity contribution < 1.29 is 15.0 Å². The minimum Gasteiger partial charge on any atom is -0.394 e. The molecule has 0 radical (unpaired) electrons. The average molecular weight is 206 g/mol. The van der Waals surface area contributed by atoms with Crippen LogP contribution in [0.1, 0.15) is 0 Å². The summed E-state index contributed by atoms with van der Waals surface area (Å²) < 4.78 is 0. The van der Waals surface area contributed by atoms with Crippen LogP contribution in [-0.2, 0) is 0 Å². The number of aliphatic hydroxyl groups is 2. The van der Waals surface area contributed by atoms with Crippen LogP contribution in [0.2, 0.25) is 0 Å². The van der Waals surface area contributed by atoms with Crippen LogP contribution in [0.15, 0.2) is 10.6 Å². The Balaban J connectivity index is 4.36. The zero-order valence-electron chi connectivity index (χ0n) is 7.24. The van der Waals surface area contributed by atoms with E-state index in [2.05, 4.69) is 10.6 Å². The second kappa shape index (κ2) is 6.86. The molecule has 0 atom stereocenters. The fourth-order valence-corrected chi connectivity index (χ4v) is 0.665. The van der Waals surface area contributed by atoms with E-state index < -0.39 is 19.2 Å². The van der Waals surface area contributed by atoms with E-state index in [9.17, 15) is 14.6 Å². The fraction of sp³-hybridized carbons (Fsp3) is 0.800. The normalized spacial score (nSPS) is 9.29. The maximum absolute atomic E-state index is 11.1. The van der Waals surface area contributed by atoms with Gasteiger partial charge in [-0.15, -0.1) is 9.81 Å². The molecule has 0 rings (SSSR count). The van der Waals surface area contributed by atoms with Gasteiger partial charge in [-0.3, -0.25) is 0 Å². The van der Waals surface area contributed by atoms with E-state index in [0.717, 1.165) is 0 Å². The Bertz CT molecular complexity index is 190. The van der Waals surface area contributed by atoms with Crippen molar-refractivity contribution in [3.8, 4) is 0 Å². The number of rotatable bonds is 6. The molecule has 0 aliphatic rings. The summed E-state index contributed by atoms with van der Waals surface area (Å²) in [4.78, 5) is 31.3. The fourth-order valence-electron chi connectivity index (χ4n) is 0.665. The van der Waals surface area contributed by atoms with Crippen LogP contribution < -0.4 is 0 Å². The number of urea groups is 1.